The number of anilines is 3. The van der Waals surface area contributed by atoms with E-state index in [4.69, 9.17) is 5.73 Å². The van der Waals surface area contributed by atoms with E-state index < -0.39 is 5.91 Å². The summed E-state index contributed by atoms with van der Waals surface area (Å²) in [5, 5.41) is 9.59. The van der Waals surface area contributed by atoms with Crippen LogP contribution in [0.4, 0.5) is 17.5 Å². The second-order valence-corrected chi connectivity index (χ2v) is 7.45. The van der Waals surface area contributed by atoms with Crippen LogP contribution in [0.2, 0.25) is 0 Å². The molecule has 0 bridgehead atoms. The maximum Gasteiger partial charge on any atom is 0.254 e. The Morgan fingerprint density at radius 2 is 1.97 bits per heavy atom. The molecule has 29 heavy (non-hydrogen) atoms. The molecule has 2 heterocycles. The van der Waals surface area contributed by atoms with Crippen molar-refractivity contribution in [2.75, 3.05) is 17.2 Å². The van der Waals surface area contributed by atoms with Gasteiger partial charge in [0.15, 0.2) is 0 Å². The van der Waals surface area contributed by atoms with E-state index >= 15 is 0 Å². The summed E-state index contributed by atoms with van der Waals surface area (Å²) in [5.74, 6) is 0.456. The van der Waals surface area contributed by atoms with Crippen molar-refractivity contribution in [3.05, 3.63) is 47.7 Å². The second kappa shape index (κ2) is 8.00. The quantitative estimate of drug-likeness (QED) is 0.570. The fraction of sp³-hybridized carbons (Fsp3) is 0.333. The fourth-order valence-corrected chi connectivity index (χ4v) is 3.27. The van der Waals surface area contributed by atoms with E-state index in [9.17, 15) is 9.59 Å². The lowest BCUT2D eigenvalue weighted by Gasteiger charge is -2.22. The molecule has 5 N–H and O–H groups in total. The van der Waals surface area contributed by atoms with Crippen LogP contribution in [0.5, 0.6) is 0 Å². The smallest absolute Gasteiger partial charge is 0.254 e. The normalized spacial score (nSPS) is 18.7. The average Bonchev–Trinajstić information content (AvgIpc) is 3.53. The zero-order chi connectivity index (χ0) is 20.4. The number of nitrogens with two attached hydrogens (primary N) is 1. The molecule has 4 rings (SSSR count). The Kier molecular flexibility index (Phi) is 5.26. The predicted molar refractivity (Wildman–Crippen MR) is 112 cm³/mol. The molecule has 1 fully saturated rings. The Hall–Kier alpha value is -3.26. The molecular weight excluding hydrogens is 368 g/mol. The van der Waals surface area contributed by atoms with Crippen LogP contribution < -0.4 is 21.7 Å². The van der Waals surface area contributed by atoms with Gasteiger partial charge >= 0.3 is 0 Å². The van der Waals surface area contributed by atoms with Gasteiger partial charge in [-0.3, -0.25) is 9.59 Å². The Morgan fingerprint density at radius 1 is 1.21 bits per heavy atom. The minimum atomic E-state index is -0.553. The molecule has 150 valence electrons. The summed E-state index contributed by atoms with van der Waals surface area (Å²) in [6.45, 7) is 2.31. The lowest BCUT2D eigenvalue weighted by atomic mass is 9.93. The zero-order valence-electron chi connectivity index (χ0n) is 16.2. The summed E-state index contributed by atoms with van der Waals surface area (Å²) in [7, 11) is 0. The molecular formula is C21H24N6O2. The number of carbonyl (C=O) groups is 2. The van der Waals surface area contributed by atoms with Crippen molar-refractivity contribution < 1.29 is 9.59 Å². The molecule has 2 aromatic rings. The highest BCUT2D eigenvalue weighted by atomic mass is 16.1. The molecule has 0 saturated heterocycles. The number of nitrogens with zero attached hydrogens (tertiary/aromatic N) is 2. The summed E-state index contributed by atoms with van der Waals surface area (Å²) in [5.41, 5.74) is 8.78. The van der Waals surface area contributed by atoms with Gasteiger partial charge in [0.05, 0.1) is 11.6 Å². The summed E-state index contributed by atoms with van der Waals surface area (Å²) in [6, 6.07) is 8.13. The standard InChI is InChI=1S/C21H24N6O2/c1-12(28)18-10-14(8-9-23-18)13-2-4-16(5-3-13)26-21-24-11-17(19(22)29)20(27-21)25-15-6-7-15/h2-5,8,11,15,18,23H,6-7,9-10H2,1H3,(H2,22,29)(H2,24,25,26,27). The number of primary amides is 1. The average molecular weight is 392 g/mol. The Labute approximate surface area is 169 Å². The summed E-state index contributed by atoms with van der Waals surface area (Å²) < 4.78 is 0. The molecule has 1 unspecified atom stereocenters. The molecule has 0 radical (unpaired) electrons. The Balaban J connectivity index is 1.48. The molecule has 1 aliphatic heterocycles. The molecule has 8 heteroatoms. The Morgan fingerprint density at radius 3 is 2.62 bits per heavy atom. The van der Waals surface area contributed by atoms with Crippen LogP contribution in [0.1, 0.15) is 42.1 Å². The number of ketones is 1. The monoisotopic (exact) mass is 392 g/mol. The van der Waals surface area contributed by atoms with E-state index in [-0.39, 0.29) is 17.4 Å². The molecule has 1 aliphatic carbocycles. The SMILES string of the molecule is CC(=O)C1CC(c2ccc(Nc3ncc(C(N)=O)c(NC4CC4)n3)cc2)=CCN1. The molecule has 1 atom stereocenters. The van der Waals surface area contributed by atoms with Gasteiger partial charge in [0.25, 0.3) is 5.91 Å². The van der Waals surface area contributed by atoms with E-state index in [0.29, 0.717) is 30.8 Å². The van der Waals surface area contributed by atoms with Crippen molar-refractivity contribution in [3.8, 4) is 0 Å². The van der Waals surface area contributed by atoms with Gasteiger partial charge in [-0.2, -0.15) is 4.98 Å². The van der Waals surface area contributed by atoms with Gasteiger partial charge < -0.3 is 21.7 Å². The topological polar surface area (TPSA) is 122 Å². The van der Waals surface area contributed by atoms with Gasteiger partial charge in [-0.25, -0.2) is 4.98 Å². The summed E-state index contributed by atoms with van der Waals surface area (Å²) >= 11 is 0. The first-order valence-corrected chi connectivity index (χ1v) is 9.73. The van der Waals surface area contributed by atoms with Crippen LogP contribution in [-0.4, -0.2) is 40.3 Å². The van der Waals surface area contributed by atoms with Crippen molar-refractivity contribution in [2.45, 2.75) is 38.3 Å². The molecule has 1 amide bonds. The van der Waals surface area contributed by atoms with Gasteiger partial charge in [-0.05, 0) is 49.5 Å². The number of benzene rings is 1. The molecule has 8 nitrogen and oxygen atoms in total. The van der Waals surface area contributed by atoms with E-state index in [0.717, 1.165) is 29.7 Å². The highest BCUT2D eigenvalue weighted by Gasteiger charge is 2.24. The van der Waals surface area contributed by atoms with Crippen LogP contribution in [0, 0.1) is 0 Å². The van der Waals surface area contributed by atoms with Gasteiger partial charge in [0, 0.05) is 24.5 Å². The van der Waals surface area contributed by atoms with Gasteiger partial charge in [-0.15, -0.1) is 0 Å². The van der Waals surface area contributed by atoms with Crippen LogP contribution in [0.3, 0.4) is 0 Å². The first kappa shape index (κ1) is 19.1. The van der Waals surface area contributed by atoms with Crippen molar-refractivity contribution in [1.82, 2.24) is 15.3 Å². The minimum Gasteiger partial charge on any atom is -0.367 e. The largest absolute Gasteiger partial charge is 0.367 e. The van der Waals surface area contributed by atoms with Crippen molar-refractivity contribution in [3.63, 3.8) is 0 Å². The number of nitrogens with one attached hydrogen (secondary N) is 3. The first-order chi connectivity index (χ1) is 14.0. The van der Waals surface area contributed by atoms with E-state index in [2.05, 4.69) is 32.0 Å². The summed E-state index contributed by atoms with van der Waals surface area (Å²) in [4.78, 5) is 31.9. The van der Waals surface area contributed by atoms with Crippen LogP contribution in [0.15, 0.2) is 36.5 Å². The lowest BCUT2D eigenvalue weighted by molar-refractivity contribution is -0.118. The fourth-order valence-electron chi connectivity index (χ4n) is 3.27. The third-order valence-corrected chi connectivity index (χ3v) is 5.11. The van der Waals surface area contributed by atoms with E-state index in [1.807, 2.05) is 24.3 Å². The third kappa shape index (κ3) is 4.60. The second-order valence-electron chi connectivity index (χ2n) is 7.45. The highest BCUT2D eigenvalue weighted by molar-refractivity contribution is 5.97. The van der Waals surface area contributed by atoms with E-state index in [1.165, 1.54) is 6.20 Å². The number of carbonyl (C=O) groups excluding carboxylic acids is 2. The summed E-state index contributed by atoms with van der Waals surface area (Å²) in [6.07, 6.45) is 6.36. The van der Waals surface area contributed by atoms with Crippen LogP contribution >= 0.6 is 0 Å². The maximum atomic E-state index is 11.6. The van der Waals surface area contributed by atoms with Crippen LogP contribution in [-0.2, 0) is 4.79 Å². The highest BCUT2D eigenvalue weighted by Crippen LogP contribution is 2.27. The van der Waals surface area contributed by atoms with Crippen molar-refractivity contribution >= 4 is 34.7 Å². The van der Waals surface area contributed by atoms with Gasteiger partial charge in [0.2, 0.25) is 5.95 Å². The van der Waals surface area contributed by atoms with Gasteiger partial charge in [-0.1, -0.05) is 18.2 Å². The zero-order valence-corrected chi connectivity index (χ0v) is 16.2. The van der Waals surface area contributed by atoms with Gasteiger partial charge in [0.1, 0.15) is 11.6 Å². The maximum absolute atomic E-state index is 11.6. The molecule has 1 aromatic heterocycles. The number of Topliss-reactive ketones (excluding diaryl/α,β-unsaturated/α-hetero) is 1. The van der Waals surface area contributed by atoms with Crippen molar-refractivity contribution in [2.24, 2.45) is 5.73 Å². The number of rotatable bonds is 7. The number of amides is 1. The van der Waals surface area contributed by atoms with E-state index in [1.54, 1.807) is 6.92 Å². The number of hydrogen-bond donors (Lipinski definition) is 4. The molecule has 1 aromatic carbocycles. The number of hydrogen-bond acceptors (Lipinski definition) is 7. The molecule has 2 aliphatic rings. The first-order valence-electron chi connectivity index (χ1n) is 9.73. The number of aromatic nitrogens is 2. The predicted octanol–water partition coefficient (Wildman–Crippen LogP) is 2.23. The molecule has 0 spiro atoms. The minimum absolute atomic E-state index is 0.123. The Bertz CT molecular complexity index is 966. The lowest BCUT2D eigenvalue weighted by Crippen LogP contribution is -2.38. The van der Waals surface area contributed by atoms with Crippen molar-refractivity contribution in [1.29, 1.82) is 0 Å². The third-order valence-electron chi connectivity index (χ3n) is 5.11. The van der Waals surface area contributed by atoms with Crippen LogP contribution in [0.25, 0.3) is 5.57 Å². The molecule has 1 saturated carbocycles.